The first-order valence-electron chi connectivity index (χ1n) is 5.93. The van der Waals surface area contributed by atoms with Gasteiger partial charge in [-0.1, -0.05) is 13.0 Å². The molecule has 0 saturated heterocycles. The van der Waals surface area contributed by atoms with Crippen molar-refractivity contribution in [1.82, 2.24) is 0 Å². The number of hydrogen-bond donors (Lipinski definition) is 0. The zero-order chi connectivity index (χ0) is 12.6. The highest BCUT2D eigenvalue weighted by molar-refractivity contribution is 6.20. The van der Waals surface area contributed by atoms with E-state index in [9.17, 15) is 9.59 Å². The highest BCUT2D eigenvalue weighted by Gasteiger charge is 2.49. The average Bonchev–Trinajstić information content (AvgIpc) is 2.31. The van der Waals surface area contributed by atoms with E-state index < -0.39 is 11.9 Å². The zero-order valence-electron chi connectivity index (χ0n) is 10.1. The number of fused-ring (bicyclic) bond motifs is 1. The second kappa shape index (κ2) is 4.45. The number of halogens is 1. The fraction of sp³-hybridized carbons (Fsp3) is 0.692. The van der Waals surface area contributed by atoms with Crippen LogP contribution in [0.15, 0.2) is 12.2 Å². The maximum Gasteiger partial charge on any atom is 0.316 e. The van der Waals surface area contributed by atoms with E-state index in [-0.39, 0.29) is 22.5 Å². The maximum absolute atomic E-state index is 11.9. The largest absolute Gasteiger partial charge is 0.468 e. The fourth-order valence-corrected chi connectivity index (χ4v) is 3.32. The average molecular weight is 257 g/mol. The molecule has 1 saturated carbocycles. The smallest absolute Gasteiger partial charge is 0.316 e. The van der Waals surface area contributed by atoms with E-state index in [0.717, 1.165) is 12.8 Å². The van der Waals surface area contributed by atoms with Crippen molar-refractivity contribution in [2.24, 2.45) is 17.3 Å². The summed E-state index contributed by atoms with van der Waals surface area (Å²) in [4.78, 5) is 23.6. The van der Waals surface area contributed by atoms with Gasteiger partial charge in [0.25, 0.3) is 0 Å². The van der Waals surface area contributed by atoms with Gasteiger partial charge >= 0.3 is 5.97 Å². The van der Waals surface area contributed by atoms with E-state index in [0.29, 0.717) is 6.42 Å². The predicted octanol–water partition coefficient (Wildman–Crippen LogP) is 2.33. The first kappa shape index (κ1) is 12.6. The monoisotopic (exact) mass is 256 g/mol. The molecule has 0 aromatic carbocycles. The van der Waals surface area contributed by atoms with Crippen LogP contribution in [0.5, 0.6) is 0 Å². The Bertz CT molecular complexity index is 377. The molecule has 0 aromatic rings. The van der Waals surface area contributed by atoms with E-state index in [2.05, 4.69) is 6.92 Å². The van der Waals surface area contributed by atoms with Crippen molar-refractivity contribution in [3.63, 3.8) is 0 Å². The maximum atomic E-state index is 11.9. The van der Waals surface area contributed by atoms with E-state index in [1.807, 2.05) is 6.08 Å². The van der Waals surface area contributed by atoms with Crippen molar-refractivity contribution in [2.45, 2.75) is 31.6 Å². The number of allylic oxidation sites excluding steroid dienone is 2. The number of alkyl halides is 1. The fourth-order valence-electron chi connectivity index (χ4n) is 3.02. The predicted molar refractivity (Wildman–Crippen MR) is 64.7 cm³/mol. The van der Waals surface area contributed by atoms with Gasteiger partial charge in [-0.3, -0.25) is 9.59 Å². The first-order valence-corrected chi connectivity index (χ1v) is 6.36. The van der Waals surface area contributed by atoms with Gasteiger partial charge in [-0.25, -0.2) is 0 Å². The zero-order valence-corrected chi connectivity index (χ0v) is 10.9. The van der Waals surface area contributed by atoms with Gasteiger partial charge in [0.15, 0.2) is 5.78 Å². The second-order valence-electron chi connectivity index (χ2n) is 5.22. The molecule has 3 nitrogen and oxygen atoms in total. The van der Waals surface area contributed by atoms with Crippen molar-refractivity contribution in [3.8, 4) is 0 Å². The molecular formula is C13H17ClO3. The van der Waals surface area contributed by atoms with Gasteiger partial charge in [-0.05, 0) is 36.7 Å². The number of ether oxygens (including phenoxy) is 1. The third-order valence-electron chi connectivity index (χ3n) is 4.15. The molecule has 1 fully saturated rings. The number of ketones is 1. The topological polar surface area (TPSA) is 43.4 Å². The molecular weight excluding hydrogens is 240 g/mol. The van der Waals surface area contributed by atoms with E-state index in [1.165, 1.54) is 13.2 Å². The molecule has 0 spiro atoms. The van der Waals surface area contributed by atoms with Gasteiger partial charge in [-0.15, -0.1) is 11.6 Å². The van der Waals surface area contributed by atoms with E-state index in [1.54, 1.807) is 0 Å². The molecule has 2 aliphatic carbocycles. The molecule has 94 valence electrons. The van der Waals surface area contributed by atoms with Crippen molar-refractivity contribution in [2.75, 3.05) is 7.11 Å². The Labute approximate surface area is 106 Å². The Balaban J connectivity index is 2.35. The lowest BCUT2D eigenvalue weighted by atomic mass is 9.59. The summed E-state index contributed by atoms with van der Waals surface area (Å²) in [5.74, 6) is -1.27. The minimum absolute atomic E-state index is 0.0244. The standard InChI is InChI=1S/C13H17ClO3/c1-13-5-3-8(14)7-9(13)11(12(16)17-2)10(15)4-6-13/h4,6,8-9,11H,3,5,7H2,1-2H3/t8-,9+,11?,13-/m1/s1. The molecule has 4 atom stereocenters. The Hall–Kier alpha value is -0.830. The molecule has 0 radical (unpaired) electrons. The quantitative estimate of drug-likeness (QED) is 0.411. The molecule has 4 heteroatoms. The first-order chi connectivity index (χ1) is 7.98. The van der Waals surface area contributed by atoms with Crippen molar-refractivity contribution < 1.29 is 14.3 Å². The van der Waals surface area contributed by atoms with Gasteiger partial charge in [0, 0.05) is 5.38 Å². The van der Waals surface area contributed by atoms with E-state index >= 15 is 0 Å². The minimum Gasteiger partial charge on any atom is -0.468 e. The van der Waals surface area contributed by atoms with Crippen molar-refractivity contribution in [1.29, 1.82) is 0 Å². The third-order valence-corrected chi connectivity index (χ3v) is 4.54. The van der Waals surface area contributed by atoms with Crippen molar-refractivity contribution in [3.05, 3.63) is 12.2 Å². The summed E-state index contributed by atoms with van der Waals surface area (Å²) in [6.45, 7) is 2.10. The van der Waals surface area contributed by atoms with Crippen LogP contribution >= 0.6 is 11.6 Å². The molecule has 17 heavy (non-hydrogen) atoms. The molecule has 0 heterocycles. The number of rotatable bonds is 1. The van der Waals surface area contributed by atoms with E-state index in [4.69, 9.17) is 16.3 Å². The number of carbonyl (C=O) groups is 2. The molecule has 0 aromatic heterocycles. The van der Waals surface area contributed by atoms with Gasteiger partial charge in [0.05, 0.1) is 7.11 Å². The summed E-state index contributed by atoms with van der Waals surface area (Å²) in [6.07, 6.45) is 6.03. The normalized spacial score (nSPS) is 40.9. The van der Waals surface area contributed by atoms with Crippen LogP contribution in [0.4, 0.5) is 0 Å². The number of methoxy groups -OCH3 is 1. The van der Waals surface area contributed by atoms with Crippen LogP contribution in [0.3, 0.4) is 0 Å². The Morgan fingerprint density at radius 2 is 2.29 bits per heavy atom. The Morgan fingerprint density at radius 1 is 1.59 bits per heavy atom. The summed E-state index contributed by atoms with van der Waals surface area (Å²) in [5.41, 5.74) is -0.0991. The highest BCUT2D eigenvalue weighted by atomic mass is 35.5. The SMILES string of the molecule is COC(=O)C1C(=O)C=C[C@@]2(C)CC[C@@H](Cl)C[C@@H]12. The van der Waals surface area contributed by atoms with Gasteiger partial charge in [0.1, 0.15) is 5.92 Å². The highest BCUT2D eigenvalue weighted by Crippen LogP contribution is 2.49. The summed E-state index contributed by atoms with van der Waals surface area (Å²) in [5, 5.41) is 0.0551. The Morgan fingerprint density at radius 3 is 2.94 bits per heavy atom. The number of carbonyl (C=O) groups excluding carboxylic acids is 2. The van der Waals surface area contributed by atoms with Gasteiger partial charge < -0.3 is 4.74 Å². The van der Waals surface area contributed by atoms with Gasteiger partial charge in [0.2, 0.25) is 0 Å². The summed E-state index contributed by atoms with van der Waals surface area (Å²) < 4.78 is 4.75. The summed E-state index contributed by atoms with van der Waals surface area (Å²) in [6, 6.07) is 0. The molecule has 0 bridgehead atoms. The lowest BCUT2D eigenvalue weighted by molar-refractivity contribution is -0.153. The lowest BCUT2D eigenvalue weighted by Crippen LogP contribution is -2.46. The number of esters is 1. The molecule has 2 aliphatic rings. The third kappa shape index (κ3) is 2.13. The number of hydrogen-bond acceptors (Lipinski definition) is 3. The molecule has 0 amide bonds. The van der Waals surface area contributed by atoms with Crippen molar-refractivity contribution >= 4 is 23.4 Å². The van der Waals surface area contributed by atoms with Crippen LogP contribution in [0.25, 0.3) is 0 Å². The molecule has 1 unspecified atom stereocenters. The van der Waals surface area contributed by atoms with Crippen LogP contribution in [0.2, 0.25) is 0 Å². The van der Waals surface area contributed by atoms with Crippen LogP contribution in [0.1, 0.15) is 26.2 Å². The Kier molecular flexibility index (Phi) is 3.30. The molecule has 2 rings (SSSR count). The second-order valence-corrected chi connectivity index (χ2v) is 5.84. The molecule has 0 N–H and O–H groups in total. The molecule has 0 aliphatic heterocycles. The van der Waals surface area contributed by atoms with Gasteiger partial charge in [-0.2, -0.15) is 0 Å². The summed E-state index contributed by atoms with van der Waals surface area (Å²) in [7, 11) is 1.33. The van der Waals surface area contributed by atoms with Crippen LogP contribution in [0, 0.1) is 17.3 Å². The van der Waals surface area contributed by atoms with Crippen LogP contribution in [-0.4, -0.2) is 24.2 Å². The minimum atomic E-state index is -0.670. The van der Waals surface area contributed by atoms with Crippen LogP contribution in [-0.2, 0) is 14.3 Å². The summed E-state index contributed by atoms with van der Waals surface area (Å²) >= 11 is 6.17. The van der Waals surface area contributed by atoms with Crippen LogP contribution < -0.4 is 0 Å². The lowest BCUT2D eigenvalue weighted by Gasteiger charge is -2.45.